The first-order chi connectivity index (χ1) is 8.73. The van der Waals surface area contributed by atoms with E-state index in [1.54, 1.807) is 0 Å². The zero-order valence-electron chi connectivity index (χ0n) is 10.7. The van der Waals surface area contributed by atoms with E-state index in [9.17, 15) is 5.11 Å². The van der Waals surface area contributed by atoms with Gasteiger partial charge in [-0.05, 0) is 55.2 Å². The summed E-state index contributed by atoms with van der Waals surface area (Å²) in [5.41, 5.74) is 3.63. The van der Waals surface area contributed by atoms with E-state index in [0.717, 1.165) is 12.8 Å². The summed E-state index contributed by atoms with van der Waals surface area (Å²) in [6.45, 7) is 0. The maximum atomic E-state index is 11.1. The van der Waals surface area contributed by atoms with E-state index in [1.807, 2.05) is 0 Å². The van der Waals surface area contributed by atoms with Crippen LogP contribution in [0.2, 0.25) is 0 Å². The third kappa shape index (κ3) is 1.73. The van der Waals surface area contributed by atoms with Crippen LogP contribution in [0.5, 0.6) is 0 Å². The van der Waals surface area contributed by atoms with Crippen LogP contribution in [0, 0.1) is 0 Å². The molecule has 0 spiro atoms. The first-order valence-corrected chi connectivity index (χ1v) is 8.17. The number of hydrogen-bond donors (Lipinski definition) is 1. The average Bonchev–Trinajstić information content (AvgIpc) is 2.30. The second-order valence-electron chi connectivity index (χ2n) is 6.23. The van der Waals surface area contributed by atoms with Gasteiger partial charge < -0.3 is 5.11 Å². The minimum Gasteiger partial charge on any atom is -0.385 e. The van der Waals surface area contributed by atoms with Crippen LogP contribution in [0.25, 0.3) is 0 Å². The monoisotopic (exact) mass is 260 g/mol. The number of aryl methyl sites for hydroxylation is 2. The molecule has 1 aromatic carbocycles. The molecule has 2 heteroatoms. The molecule has 2 bridgehead atoms. The number of aliphatic hydroxyl groups is 1. The predicted octanol–water partition coefficient (Wildman–Crippen LogP) is 3.42. The molecule has 2 saturated heterocycles. The van der Waals surface area contributed by atoms with E-state index in [2.05, 4.69) is 30.0 Å². The molecule has 18 heavy (non-hydrogen) atoms. The molecule has 0 radical (unpaired) electrons. The van der Waals surface area contributed by atoms with Gasteiger partial charge in [0, 0.05) is 10.5 Å². The molecule has 0 aromatic heterocycles. The summed E-state index contributed by atoms with van der Waals surface area (Å²) in [7, 11) is 0. The number of rotatable bonds is 1. The summed E-state index contributed by atoms with van der Waals surface area (Å²) in [4.78, 5) is 0. The highest BCUT2D eigenvalue weighted by atomic mass is 32.2. The van der Waals surface area contributed by atoms with Crippen molar-refractivity contribution in [2.75, 3.05) is 0 Å². The van der Waals surface area contributed by atoms with Gasteiger partial charge in [0.2, 0.25) is 0 Å². The highest BCUT2D eigenvalue weighted by Gasteiger charge is 2.42. The number of benzene rings is 1. The summed E-state index contributed by atoms with van der Waals surface area (Å²) in [5, 5.41) is 12.5. The second-order valence-corrected chi connectivity index (χ2v) is 7.84. The molecule has 96 valence electrons. The molecule has 2 atom stereocenters. The smallest absolute Gasteiger partial charge is 0.0917 e. The Balaban J connectivity index is 1.67. The van der Waals surface area contributed by atoms with Gasteiger partial charge in [-0.25, -0.2) is 0 Å². The van der Waals surface area contributed by atoms with E-state index in [1.165, 1.54) is 48.8 Å². The Bertz CT molecular complexity index is 470. The molecular weight excluding hydrogens is 240 g/mol. The molecular formula is C16H20OS. The normalized spacial score (nSPS) is 37.8. The van der Waals surface area contributed by atoms with Crippen LogP contribution >= 0.6 is 11.8 Å². The lowest BCUT2D eigenvalue weighted by Crippen LogP contribution is -2.40. The lowest BCUT2D eigenvalue weighted by atomic mass is 9.77. The molecule has 4 rings (SSSR count). The number of hydrogen-bond acceptors (Lipinski definition) is 2. The lowest BCUT2D eigenvalue weighted by Gasteiger charge is -2.44. The van der Waals surface area contributed by atoms with Crippen molar-refractivity contribution in [3.63, 3.8) is 0 Å². The van der Waals surface area contributed by atoms with E-state index < -0.39 is 5.60 Å². The third-order valence-electron chi connectivity index (χ3n) is 4.98. The molecule has 0 amide bonds. The SMILES string of the molecule is OC1(c2ccc3c(c2)CC3)CC2CCCC(C1)S2. The Morgan fingerprint density at radius 1 is 1.06 bits per heavy atom. The fourth-order valence-corrected chi connectivity index (χ4v) is 5.73. The first-order valence-electron chi connectivity index (χ1n) is 7.23. The van der Waals surface area contributed by atoms with Crippen molar-refractivity contribution in [2.45, 2.75) is 61.0 Å². The van der Waals surface area contributed by atoms with Crippen molar-refractivity contribution in [3.8, 4) is 0 Å². The van der Waals surface area contributed by atoms with Gasteiger partial charge in [-0.1, -0.05) is 24.6 Å². The Kier molecular flexibility index (Phi) is 2.53. The largest absolute Gasteiger partial charge is 0.385 e. The molecule has 1 N–H and O–H groups in total. The molecule has 2 aliphatic heterocycles. The Hall–Kier alpha value is -0.470. The molecule has 1 aromatic rings. The standard InChI is InChI=1S/C16H20OS/c17-16(9-14-2-1-3-15(10-16)18-14)13-7-6-11-4-5-12(11)8-13/h6-8,14-15,17H,1-5,9-10H2. The van der Waals surface area contributed by atoms with Crippen LogP contribution in [0.15, 0.2) is 18.2 Å². The third-order valence-corrected chi connectivity index (χ3v) is 6.55. The lowest BCUT2D eigenvalue weighted by molar-refractivity contribution is 0.00800. The van der Waals surface area contributed by atoms with Crippen molar-refractivity contribution in [1.82, 2.24) is 0 Å². The molecule has 1 aliphatic carbocycles. The van der Waals surface area contributed by atoms with Gasteiger partial charge in [0.25, 0.3) is 0 Å². The van der Waals surface area contributed by atoms with Gasteiger partial charge in [0.15, 0.2) is 0 Å². The fraction of sp³-hybridized carbons (Fsp3) is 0.625. The fourth-order valence-electron chi connectivity index (χ4n) is 3.84. The first kappa shape index (κ1) is 11.4. The Morgan fingerprint density at radius 2 is 1.78 bits per heavy atom. The molecule has 2 fully saturated rings. The van der Waals surface area contributed by atoms with Crippen molar-refractivity contribution < 1.29 is 5.11 Å². The van der Waals surface area contributed by atoms with Gasteiger partial charge in [0.05, 0.1) is 5.60 Å². The minimum atomic E-state index is -0.536. The molecule has 2 heterocycles. The van der Waals surface area contributed by atoms with Gasteiger partial charge >= 0.3 is 0 Å². The quantitative estimate of drug-likeness (QED) is 0.835. The van der Waals surface area contributed by atoms with E-state index in [0.29, 0.717) is 10.5 Å². The summed E-state index contributed by atoms with van der Waals surface area (Å²) in [5.74, 6) is 0. The second kappa shape index (κ2) is 4.01. The van der Waals surface area contributed by atoms with Gasteiger partial charge in [-0.2, -0.15) is 11.8 Å². The highest BCUT2D eigenvalue weighted by Crippen LogP contribution is 2.49. The van der Waals surface area contributed by atoms with Crippen LogP contribution in [-0.2, 0) is 18.4 Å². The predicted molar refractivity (Wildman–Crippen MR) is 76.0 cm³/mol. The van der Waals surface area contributed by atoms with Crippen LogP contribution in [0.3, 0.4) is 0 Å². The van der Waals surface area contributed by atoms with Gasteiger partial charge in [-0.15, -0.1) is 0 Å². The highest BCUT2D eigenvalue weighted by molar-refractivity contribution is 8.00. The minimum absolute atomic E-state index is 0.536. The van der Waals surface area contributed by atoms with E-state index in [-0.39, 0.29) is 0 Å². The van der Waals surface area contributed by atoms with Gasteiger partial charge in [-0.3, -0.25) is 0 Å². The Labute approximate surface area is 113 Å². The topological polar surface area (TPSA) is 20.2 Å². The molecule has 1 nitrogen and oxygen atoms in total. The molecule has 2 unspecified atom stereocenters. The van der Waals surface area contributed by atoms with E-state index in [4.69, 9.17) is 0 Å². The summed E-state index contributed by atoms with van der Waals surface area (Å²) in [6.07, 6.45) is 8.33. The summed E-state index contributed by atoms with van der Waals surface area (Å²) < 4.78 is 0. The summed E-state index contributed by atoms with van der Waals surface area (Å²) >= 11 is 2.13. The molecule has 0 saturated carbocycles. The zero-order valence-corrected chi connectivity index (χ0v) is 11.5. The maximum absolute atomic E-state index is 11.1. The number of fused-ring (bicyclic) bond motifs is 3. The van der Waals surface area contributed by atoms with Crippen molar-refractivity contribution >= 4 is 11.8 Å². The van der Waals surface area contributed by atoms with Crippen LogP contribution < -0.4 is 0 Å². The van der Waals surface area contributed by atoms with E-state index >= 15 is 0 Å². The van der Waals surface area contributed by atoms with Gasteiger partial charge in [0.1, 0.15) is 0 Å². The number of thioether (sulfide) groups is 1. The zero-order chi connectivity index (χ0) is 12.2. The van der Waals surface area contributed by atoms with Crippen LogP contribution in [0.4, 0.5) is 0 Å². The van der Waals surface area contributed by atoms with Crippen LogP contribution in [-0.4, -0.2) is 15.6 Å². The maximum Gasteiger partial charge on any atom is 0.0917 e. The summed E-state index contributed by atoms with van der Waals surface area (Å²) in [6, 6.07) is 6.71. The van der Waals surface area contributed by atoms with Crippen molar-refractivity contribution in [3.05, 3.63) is 34.9 Å². The van der Waals surface area contributed by atoms with Crippen molar-refractivity contribution in [1.29, 1.82) is 0 Å². The average molecular weight is 260 g/mol. The van der Waals surface area contributed by atoms with Crippen molar-refractivity contribution in [2.24, 2.45) is 0 Å². The molecule has 3 aliphatic rings. The van der Waals surface area contributed by atoms with Crippen LogP contribution in [0.1, 0.15) is 48.8 Å². The Morgan fingerprint density at radius 3 is 2.39 bits per heavy atom.